The maximum absolute atomic E-state index is 14.9. The molecule has 2 aliphatic rings. The molecule has 0 aromatic heterocycles. The fourth-order valence-electron chi connectivity index (χ4n) is 6.47. The van der Waals surface area contributed by atoms with Crippen LogP contribution in [-0.4, -0.2) is 6.61 Å². The standard InChI is InChI=1S/C31H43FO/c1-3-5-7-8-9-10-23-11-12-25-19-26(14-13-24(25)18-23)27-15-16-28-20-29(33-17-6-4-2)22-31(32)30(28)21-27/h4,6,15-16,20-26H,3,5,7-14,17-19H2,1-2H3/b6-4+. The second-order valence-electron chi connectivity index (χ2n) is 10.7. The molecule has 2 heteroatoms. The molecule has 0 spiro atoms. The molecule has 0 N–H and O–H groups in total. The van der Waals surface area contributed by atoms with Gasteiger partial charge in [0.15, 0.2) is 0 Å². The first-order valence-electron chi connectivity index (χ1n) is 13.6. The second kappa shape index (κ2) is 12.0. The highest BCUT2D eigenvalue weighted by Gasteiger charge is 2.35. The summed E-state index contributed by atoms with van der Waals surface area (Å²) in [6.07, 6.45) is 20.6. The zero-order valence-electron chi connectivity index (χ0n) is 20.8. The van der Waals surface area contributed by atoms with Gasteiger partial charge in [0.1, 0.15) is 18.2 Å². The Morgan fingerprint density at radius 3 is 2.61 bits per heavy atom. The Labute approximate surface area is 200 Å². The van der Waals surface area contributed by atoms with Crippen LogP contribution < -0.4 is 4.74 Å². The maximum atomic E-state index is 14.9. The van der Waals surface area contributed by atoms with Crippen LogP contribution in [0.4, 0.5) is 4.39 Å². The maximum Gasteiger partial charge on any atom is 0.134 e. The Bertz CT molecular complexity index is 917. The molecular formula is C31H43FO. The molecule has 0 aliphatic heterocycles. The van der Waals surface area contributed by atoms with Crippen molar-refractivity contribution in [3.8, 4) is 5.75 Å². The molecule has 1 nitrogen and oxygen atoms in total. The van der Waals surface area contributed by atoms with Crippen LogP contribution in [0.25, 0.3) is 10.8 Å². The van der Waals surface area contributed by atoms with Crippen molar-refractivity contribution in [2.24, 2.45) is 17.8 Å². The SMILES string of the molecule is C/C=C/COc1cc(F)c2cc(C3CCC4CC(CCCCCCC)CCC4C3)ccc2c1. The molecule has 2 fully saturated rings. The summed E-state index contributed by atoms with van der Waals surface area (Å²) in [4.78, 5) is 0. The van der Waals surface area contributed by atoms with E-state index in [0.29, 0.717) is 18.3 Å². The van der Waals surface area contributed by atoms with E-state index in [1.165, 1.54) is 88.7 Å². The number of ether oxygens (including phenoxy) is 1. The van der Waals surface area contributed by atoms with Crippen molar-refractivity contribution in [1.29, 1.82) is 0 Å². The minimum atomic E-state index is -0.169. The van der Waals surface area contributed by atoms with E-state index >= 15 is 0 Å². The first-order valence-corrected chi connectivity index (χ1v) is 13.6. The van der Waals surface area contributed by atoms with E-state index in [2.05, 4.69) is 25.1 Å². The number of benzene rings is 2. The average molecular weight is 451 g/mol. The van der Waals surface area contributed by atoms with Gasteiger partial charge in [0.2, 0.25) is 0 Å². The van der Waals surface area contributed by atoms with Crippen LogP contribution in [0.3, 0.4) is 0 Å². The van der Waals surface area contributed by atoms with Gasteiger partial charge >= 0.3 is 0 Å². The summed E-state index contributed by atoms with van der Waals surface area (Å²) in [5.41, 5.74) is 1.33. The third-order valence-electron chi connectivity index (χ3n) is 8.39. The van der Waals surface area contributed by atoms with Crippen LogP contribution in [0.5, 0.6) is 5.75 Å². The number of unbranched alkanes of at least 4 members (excludes halogenated alkanes) is 4. The van der Waals surface area contributed by atoms with Crippen LogP contribution in [0, 0.1) is 23.6 Å². The summed E-state index contributed by atoms with van der Waals surface area (Å²) < 4.78 is 20.6. The largest absolute Gasteiger partial charge is 0.489 e. The number of fused-ring (bicyclic) bond motifs is 2. The summed E-state index contributed by atoms with van der Waals surface area (Å²) >= 11 is 0. The van der Waals surface area contributed by atoms with E-state index in [1.54, 1.807) is 0 Å². The molecule has 2 saturated carbocycles. The molecule has 180 valence electrons. The molecule has 33 heavy (non-hydrogen) atoms. The first kappa shape index (κ1) is 24.3. The number of hydrogen-bond donors (Lipinski definition) is 0. The van der Waals surface area contributed by atoms with Crippen molar-refractivity contribution < 1.29 is 9.13 Å². The third-order valence-corrected chi connectivity index (χ3v) is 8.39. The van der Waals surface area contributed by atoms with Gasteiger partial charge in [-0.15, -0.1) is 0 Å². The van der Waals surface area contributed by atoms with E-state index in [0.717, 1.165) is 28.5 Å². The van der Waals surface area contributed by atoms with Gasteiger partial charge in [-0.25, -0.2) is 4.39 Å². The summed E-state index contributed by atoms with van der Waals surface area (Å²) in [7, 11) is 0. The molecule has 0 bridgehead atoms. The number of allylic oxidation sites excluding steroid dienone is 1. The van der Waals surface area contributed by atoms with Crippen molar-refractivity contribution >= 4 is 10.8 Å². The Morgan fingerprint density at radius 2 is 1.76 bits per heavy atom. The highest BCUT2D eigenvalue weighted by molar-refractivity contribution is 5.85. The van der Waals surface area contributed by atoms with E-state index < -0.39 is 0 Å². The van der Waals surface area contributed by atoms with Gasteiger partial charge in [-0.3, -0.25) is 0 Å². The summed E-state index contributed by atoms with van der Waals surface area (Å²) in [5.74, 6) is 3.81. The molecule has 0 heterocycles. The number of halogens is 1. The molecule has 4 atom stereocenters. The first-order chi connectivity index (χ1) is 16.2. The molecule has 2 aromatic carbocycles. The number of rotatable bonds is 10. The Kier molecular flexibility index (Phi) is 8.87. The van der Waals surface area contributed by atoms with Crippen molar-refractivity contribution in [2.45, 2.75) is 96.8 Å². The quantitative estimate of drug-likeness (QED) is 0.258. The Morgan fingerprint density at radius 1 is 0.939 bits per heavy atom. The summed E-state index contributed by atoms with van der Waals surface area (Å²) in [5, 5.41) is 1.67. The van der Waals surface area contributed by atoms with Gasteiger partial charge in [0, 0.05) is 11.5 Å². The smallest absolute Gasteiger partial charge is 0.134 e. The van der Waals surface area contributed by atoms with E-state index in [4.69, 9.17) is 4.74 Å². The Hall–Kier alpha value is -1.83. The van der Waals surface area contributed by atoms with Crippen molar-refractivity contribution in [2.75, 3.05) is 6.61 Å². The highest BCUT2D eigenvalue weighted by atomic mass is 19.1. The van der Waals surface area contributed by atoms with E-state index in [1.807, 2.05) is 25.1 Å². The van der Waals surface area contributed by atoms with Crippen LogP contribution in [-0.2, 0) is 0 Å². The fraction of sp³-hybridized carbons (Fsp3) is 0.613. The van der Waals surface area contributed by atoms with Crippen LogP contribution in [0.15, 0.2) is 42.5 Å². The van der Waals surface area contributed by atoms with Crippen LogP contribution >= 0.6 is 0 Å². The van der Waals surface area contributed by atoms with Gasteiger partial charge in [0.25, 0.3) is 0 Å². The zero-order valence-corrected chi connectivity index (χ0v) is 20.8. The normalized spacial score (nSPS) is 25.4. The second-order valence-corrected chi connectivity index (χ2v) is 10.7. The molecule has 4 rings (SSSR count). The molecule has 2 aromatic rings. The summed E-state index contributed by atoms with van der Waals surface area (Å²) in [6, 6.07) is 9.96. The topological polar surface area (TPSA) is 9.23 Å². The van der Waals surface area contributed by atoms with Crippen molar-refractivity contribution in [3.63, 3.8) is 0 Å². The lowest BCUT2D eigenvalue weighted by Crippen LogP contribution is -2.30. The minimum Gasteiger partial charge on any atom is -0.489 e. The lowest BCUT2D eigenvalue weighted by Gasteiger charge is -2.42. The van der Waals surface area contributed by atoms with Crippen LogP contribution in [0.1, 0.15) is 102 Å². The predicted molar refractivity (Wildman–Crippen MR) is 139 cm³/mol. The number of hydrogen-bond acceptors (Lipinski definition) is 1. The van der Waals surface area contributed by atoms with Gasteiger partial charge < -0.3 is 4.74 Å². The lowest BCUT2D eigenvalue weighted by molar-refractivity contribution is 0.113. The van der Waals surface area contributed by atoms with Crippen molar-refractivity contribution in [1.82, 2.24) is 0 Å². The molecule has 0 radical (unpaired) electrons. The molecule has 2 aliphatic carbocycles. The Balaban J connectivity index is 1.34. The zero-order chi connectivity index (χ0) is 23.0. The van der Waals surface area contributed by atoms with Gasteiger partial charge in [-0.05, 0) is 85.8 Å². The monoisotopic (exact) mass is 450 g/mol. The van der Waals surface area contributed by atoms with Crippen molar-refractivity contribution in [3.05, 3.63) is 53.9 Å². The van der Waals surface area contributed by atoms with Crippen LogP contribution in [0.2, 0.25) is 0 Å². The molecular weight excluding hydrogens is 407 g/mol. The van der Waals surface area contributed by atoms with Gasteiger partial charge in [-0.2, -0.15) is 0 Å². The minimum absolute atomic E-state index is 0.169. The molecule has 0 saturated heterocycles. The molecule has 0 amide bonds. The summed E-state index contributed by atoms with van der Waals surface area (Å²) in [6.45, 7) is 4.73. The van der Waals surface area contributed by atoms with E-state index in [-0.39, 0.29) is 5.82 Å². The third kappa shape index (κ3) is 6.40. The fourth-order valence-corrected chi connectivity index (χ4v) is 6.47. The highest BCUT2D eigenvalue weighted by Crippen LogP contribution is 2.48. The van der Waals surface area contributed by atoms with Gasteiger partial charge in [-0.1, -0.05) is 76.2 Å². The predicted octanol–water partition coefficient (Wildman–Crippen LogP) is 9.59. The van der Waals surface area contributed by atoms with Gasteiger partial charge in [0.05, 0.1) is 0 Å². The lowest BCUT2D eigenvalue weighted by atomic mass is 9.63. The average Bonchev–Trinajstić information content (AvgIpc) is 2.83. The molecule has 4 unspecified atom stereocenters. The van der Waals surface area contributed by atoms with E-state index in [9.17, 15) is 4.39 Å².